The van der Waals surface area contributed by atoms with Gasteiger partial charge in [0.1, 0.15) is 18.3 Å². The predicted molar refractivity (Wildman–Crippen MR) is 77.6 cm³/mol. The van der Waals surface area contributed by atoms with Crippen molar-refractivity contribution < 1.29 is 29.2 Å². The number of rotatable bonds is 8. The molecule has 118 valence electrons. The van der Waals surface area contributed by atoms with Crippen LogP contribution in [0.1, 0.15) is 24.2 Å². The molecule has 0 aromatic heterocycles. The van der Waals surface area contributed by atoms with Gasteiger partial charge in [-0.05, 0) is 19.9 Å². The maximum Gasteiger partial charge on any atom is 0.339 e. The van der Waals surface area contributed by atoms with Gasteiger partial charge in [-0.2, -0.15) is 0 Å². The second-order valence-corrected chi connectivity index (χ2v) is 5.07. The van der Waals surface area contributed by atoms with Crippen LogP contribution in [0.15, 0.2) is 12.1 Å². The lowest BCUT2D eigenvalue weighted by molar-refractivity contribution is -0.0127. The van der Waals surface area contributed by atoms with E-state index in [0.29, 0.717) is 0 Å². The van der Waals surface area contributed by atoms with Gasteiger partial charge in [-0.15, -0.1) is 0 Å². The summed E-state index contributed by atoms with van der Waals surface area (Å²) in [6, 6.07) is 2.71. The molecule has 7 heteroatoms. The molecule has 2 N–H and O–H groups in total. The molecule has 1 rings (SSSR count). The van der Waals surface area contributed by atoms with E-state index in [2.05, 4.69) is 0 Å². The van der Waals surface area contributed by atoms with E-state index in [1.165, 1.54) is 19.2 Å². The lowest BCUT2D eigenvalue weighted by Gasteiger charge is -2.17. The van der Waals surface area contributed by atoms with Crippen molar-refractivity contribution in [2.24, 2.45) is 0 Å². The number of aliphatic hydroxyl groups excluding tert-OH is 1. The Kier molecular flexibility index (Phi) is 6.74. The minimum absolute atomic E-state index is 0.0145. The Hall–Kier alpha value is -1.50. The fraction of sp³-hybridized carbons (Fsp3) is 0.500. The molecule has 0 saturated carbocycles. The van der Waals surface area contributed by atoms with Gasteiger partial charge < -0.3 is 24.4 Å². The van der Waals surface area contributed by atoms with E-state index in [1.54, 1.807) is 0 Å². The van der Waals surface area contributed by atoms with Gasteiger partial charge in [-0.25, -0.2) is 4.79 Å². The monoisotopic (exact) mass is 318 g/mol. The van der Waals surface area contributed by atoms with Crippen LogP contribution < -0.4 is 9.47 Å². The number of halogens is 1. The van der Waals surface area contributed by atoms with Crippen molar-refractivity contribution in [2.45, 2.75) is 26.1 Å². The van der Waals surface area contributed by atoms with Crippen molar-refractivity contribution in [3.63, 3.8) is 0 Å². The van der Waals surface area contributed by atoms with Gasteiger partial charge in [0.25, 0.3) is 0 Å². The van der Waals surface area contributed by atoms with Crippen molar-refractivity contribution in [1.82, 2.24) is 0 Å². The SMILES string of the molecule is COc1cc(Cl)cc(C(=O)O)c1OCC(O)COC(C)C. The molecule has 0 heterocycles. The highest BCUT2D eigenvalue weighted by molar-refractivity contribution is 6.31. The topological polar surface area (TPSA) is 85.2 Å². The number of aliphatic hydroxyl groups is 1. The second-order valence-electron chi connectivity index (χ2n) is 4.64. The average Bonchev–Trinajstić information content (AvgIpc) is 2.42. The first kappa shape index (κ1) is 17.6. The van der Waals surface area contributed by atoms with E-state index in [0.717, 1.165) is 0 Å². The van der Waals surface area contributed by atoms with Crippen molar-refractivity contribution in [2.75, 3.05) is 20.3 Å². The molecule has 1 aromatic carbocycles. The van der Waals surface area contributed by atoms with Crippen LogP contribution in [0.5, 0.6) is 11.5 Å². The average molecular weight is 319 g/mol. The fourth-order valence-corrected chi connectivity index (χ4v) is 1.77. The van der Waals surface area contributed by atoms with E-state index >= 15 is 0 Å². The lowest BCUT2D eigenvalue weighted by atomic mass is 10.2. The highest BCUT2D eigenvalue weighted by atomic mass is 35.5. The number of carboxylic acids is 1. The lowest BCUT2D eigenvalue weighted by Crippen LogP contribution is -2.25. The largest absolute Gasteiger partial charge is 0.493 e. The zero-order valence-electron chi connectivity index (χ0n) is 12.1. The van der Waals surface area contributed by atoms with E-state index in [4.69, 9.17) is 25.8 Å². The summed E-state index contributed by atoms with van der Waals surface area (Å²) in [7, 11) is 1.38. The Bertz CT molecular complexity index is 489. The van der Waals surface area contributed by atoms with Crippen LogP contribution in [0.4, 0.5) is 0 Å². The molecule has 0 aliphatic carbocycles. The van der Waals surface area contributed by atoms with Crippen molar-refractivity contribution >= 4 is 17.6 Å². The standard InChI is InChI=1S/C14H19ClO6/c1-8(2)20-6-10(16)7-21-13-11(14(17)18)4-9(15)5-12(13)19-3/h4-5,8,10,16H,6-7H2,1-3H3,(H,17,18). The van der Waals surface area contributed by atoms with Gasteiger partial charge in [0, 0.05) is 11.1 Å². The van der Waals surface area contributed by atoms with Crippen molar-refractivity contribution in [1.29, 1.82) is 0 Å². The molecule has 0 radical (unpaired) electrons. The molecular weight excluding hydrogens is 300 g/mol. The van der Waals surface area contributed by atoms with Crippen LogP contribution in [0, 0.1) is 0 Å². The first-order valence-corrected chi connectivity index (χ1v) is 6.76. The Balaban J connectivity index is 2.84. The molecule has 21 heavy (non-hydrogen) atoms. The van der Waals surface area contributed by atoms with Crippen LogP contribution in [0.2, 0.25) is 5.02 Å². The summed E-state index contributed by atoms with van der Waals surface area (Å²) in [5.74, 6) is -0.978. The van der Waals surface area contributed by atoms with Crippen LogP contribution in [0.25, 0.3) is 0 Å². The number of carboxylic acid groups (broad SMARTS) is 1. The Labute approximate surface area is 128 Å². The van der Waals surface area contributed by atoms with Gasteiger partial charge in [-0.3, -0.25) is 0 Å². The molecule has 1 unspecified atom stereocenters. The van der Waals surface area contributed by atoms with Crippen LogP contribution >= 0.6 is 11.6 Å². The number of hydrogen-bond donors (Lipinski definition) is 2. The molecule has 0 bridgehead atoms. The summed E-state index contributed by atoms with van der Waals surface area (Å²) in [5, 5.41) is 19.1. The molecule has 0 saturated heterocycles. The van der Waals surface area contributed by atoms with E-state index in [9.17, 15) is 15.0 Å². The number of benzene rings is 1. The Morgan fingerprint density at radius 2 is 2.00 bits per heavy atom. The fourth-order valence-electron chi connectivity index (χ4n) is 1.56. The Morgan fingerprint density at radius 3 is 2.52 bits per heavy atom. The van der Waals surface area contributed by atoms with Crippen molar-refractivity contribution in [3.05, 3.63) is 22.7 Å². The van der Waals surface area contributed by atoms with E-state index < -0.39 is 12.1 Å². The maximum absolute atomic E-state index is 11.2. The van der Waals surface area contributed by atoms with E-state index in [1.807, 2.05) is 13.8 Å². The molecule has 0 aliphatic rings. The molecular formula is C14H19ClO6. The highest BCUT2D eigenvalue weighted by Gasteiger charge is 2.19. The van der Waals surface area contributed by atoms with E-state index in [-0.39, 0.29) is 41.4 Å². The first-order valence-electron chi connectivity index (χ1n) is 6.38. The van der Waals surface area contributed by atoms with Crippen LogP contribution in [-0.2, 0) is 4.74 Å². The molecule has 1 atom stereocenters. The number of ether oxygens (including phenoxy) is 3. The normalized spacial score (nSPS) is 12.3. The van der Waals surface area contributed by atoms with Gasteiger partial charge in [0.15, 0.2) is 11.5 Å². The minimum atomic E-state index is -1.20. The van der Waals surface area contributed by atoms with Gasteiger partial charge in [0.2, 0.25) is 0 Å². The first-order chi connectivity index (χ1) is 9.85. The summed E-state index contributed by atoms with van der Waals surface area (Å²) < 4.78 is 15.7. The number of carbonyl (C=O) groups is 1. The molecule has 0 amide bonds. The smallest absolute Gasteiger partial charge is 0.339 e. The quantitative estimate of drug-likeness (QED) is 0.764. The summed E-state index contributed by atoms with van der Waals surface area (Å²) in [6.45, 7) is 3.66. The molecule has 0 fully saturated rings. The van der Waals surface area contributed by atoms with Crippen LogP contribution in [0.3, 0.4) is 0 Å². The molecule has 1 aromatic rings. The Morgan fingerprint density at radius 1 is 1.33 bits per heavy atom. The molecule has 0 spiro atoms. The zero-order chi connectivity index (χ0) is 16.0. The van der Waals surface area contributed by atoms with Gasteiger partial charge in [0.05, 0.1) is 19.8 Å². The summed E-state index contributed by atoms with van der Waals surface area (Å²) in [5.41, 5.74) is -0.128. The maximum atomic E-state index is 11.2. The highest BCUT2D eigenvalue weighted by Crippen LogP contribution is 2.34. The zero-order valence-corrected chi connectivity index (χ0v) is 12.9. The molecule has 6 nitrogen and oxygen atoms in total. The van der Waals surface area contributed by atoms with Crippen molar-refractivity contribution in [3.8, 4) is 11.5 Å². The number of aromatic carboxylic acids is 1. The summed E-state index contributed by atoms with van der Waals surface area (Å²) in [4.78, 5) is 11.2. The third-order valence-corrected chi connectivity index (χ3v) is 2.73. The van der Waals surface area contributed by atoms with Gasteiger partial charge >= 0.3 is 5.97 Å². The summed E-state index contributed by atoms with van der Waals surface area (Å²) in [6.07, 6.45) is -0.895. The third-order valence-electron chi connectivity index (χ3n) is 2.51. The second kappa shape index (κ2) is 8.07. The third kappa shape index (κ3) is 5.41. The van der Waals surface area contributed by atoms with Gasteiger partial charge in [-0.1, -0.05) is 11.6 Å². The summed E-state index contributed by atoms with van der Waals surface area (Å²) >= 11 is 5.82. The predicted octanol–water partition coefficient (Wildman–Crippen LogP) is 2.21. The number of methoxy groups -OCH3 is 1. The minimum Gasteiger partial charge on any atom is -0.493 e. The number of hydrogen-bond acceptors (Lipinski definition) is 5. The van der Waals surface area contributed by atoms with Crippen LogP contribution in [-0.4, -0.2) is 48.7 Å². The molecule has 0 aliphatic heterocycles.